The molecule has 0 aliphatic carbocycles. The molecular weight excluding hydrogens is 354 g/mol. The summed E-state index contributed by atoms with van der Waals surface area (Å²) >= 11 is 0. The number of carboxylic acid groups (broad SMARTS) is 1. The van der Waals surface area contributed by atoms with E-state index in [2.05, 4.69) is 10.3 Å². The summed E-state index contributed by atoms with van der Waals surface area (Å²) in [6, 6.07) is 5.87. The third-order valence-corrected chi connectivity index (χ3v) is 4.88. The van der Waals surface area contributed by atoms with Gasteiger partial charge in [-0.3, -0.25) is 19.7 Å². The molecule has 1 aliphatic rings. The summed E-state index contributed by atoms with van der Waals surface area (Å²) in [6.45, 7) is 3.82. The van der Waals surface area contributed by atoms with Gasteiger partial charge in [0.25, 0.3) is 11.6 Å². The molecule has 2 aromatic rings. The van der Waals surface area contributed by atoms with Gasteiger partial charge in [-0.15, -0.1) is 5.10 Å². The van der Waals surface area contributed by atoms with Crippen LogP contribution in [0.15, 0.2) is 24.3 Å². The van der Waals surface area contributed by atoms with Crippen LogP contribution >= 0.6 is 0 Å². The first-order valence-corrected chi connectivity index (χ1v) is 8.43. The summed E-state index contributed by atoms with van der Waals surface area (Å²) in [5.41, 5.74) is -0.122. The summed E-state index contributed by atoms with van der Waals surface area (Å²) in [4.78, 5) is 36.3. The van der Waals surface area contributed by atoms with E-state index in [-0.39, 0.29) is 17.9 Å². The van der Waals surface area contributed by atoms with Crippen LogP contribution in [-0.2, 0) is 4.79 Å². The Morgan fingerprint density at radius 3 is 2.78 bits per heavy atom. The van der Waals surface area contributed by atoms with Crippen molar-refractivity contribution in [3.05, 3.63) is 45.8 Å². The third-order valence-electron chi connectivity index (χ3n) is 4.88. The van der Waals surface area contributed by atoms with Crippen molar-refractivity contribution in [1.29, 1.82) is 0 Å². The van der Waals surface area contributed by atoms with E-state index in [9.17, 15) is 24.8 Å². The number of nitro groups is 1. The number of carbonyl (C=O) groups excluding carboxylic acids is 1. The molecule has 1 aromatic carbocycles. The van der Waals surface area contributed by atoms with Crippen LogP contribution in [0.5, 0.6) is 0 Å². The SMILES string of the molecule is Cc1c(C(=O)N2CCCC(C)(C(=O)O)C2)nnn1-c1cccc([N+](=O)[O-])c1. The molecule has 1 N–H and O–H groups in total. The van der Waals surface area contributed by atoms with Crippen molar-refractivity contribution < 1.29 is 19.6 Å². The Hall–Kier alpha value is -3.30. The zero-order valence-corrected chi connectivity index (χ0v) is 15.0. The number of carbonyl (C=O) groups is 2. The van der Waals surface area contributed by atoms with E-state index in [0.717, 1.165) is 0 Å². The number of aromatic nitrogens is 3. The van der Waals surface area contributed by atoms with Gasteiger partial charge in [0.15, 0.2) is 5.69 Å². The van der Waals surface area contributed by atoms with Crippen molar-refractivity contribution in [2.45, 2.75) is 26.7 Å². The van der Waals surface area contributed by atoms with Gasteiger partial charge in [0.05, 0.1) is 21.7 Å². The molecule has 1 saturated heterocycles. The van der Waals surface area contributed by atoms with E-state index in [0.29, 0.717) is 30.8 Å². The lowest BCUT2D eigenvalue weighted by molar-refractivity contribution is -0.384. The summed E-state index contributed by atoms with van der Waals surface area (Å²) in [6.07, 6.45) is 1.10. The molecule has 0 radical (unpaired) electrons. The number of hydrogen-bond acceptors (Lipinski definition) is 6. The molecular formula is C17H19N5O5. The third kappa shape index (κ3) is 3.37. The molecule has 3 rings (SSSR count). The highest BCUT2D eigenvalue weighted by Gasteiger charge is 2.40. The molecule has 1 aliphatic heterocycles. The molecule has 10 heteroatoms. The number of carboxylic acids is 1. The minimum absolute atomic E-state index is 0.0940. The van der Waals surface area contributed by atoms with E-state index in [1.54, 1.807) is 19.9 Å². The van der Waals surface area contributed by atoms with E-state index in [1.165, 1.54) is 27.8 Å². The standard InChI is InChI=1S/C17H19N5O5/c1-11-14(15(23)20-8-4-7-17(2,10-20)16(24)25)18-19-21(11)12-5-3-6-13(9-12)22(26)27/h3,5-6,9H,4,7-8,10H2,1-2H3,(H,24,25). The molecule has 0 saturated carbocycles. The second kappa shape index (κ2) is 6.78. The second-order valence-corrected chi connectivity index (χ2v) is 6.91. The minimum Gasteiger partial charge on any atom is -0.481 e. The van der Waals surface area contributed by atoms with E-state index < -0.39 is 22.2 Å². The first-order chi connectivity index (χ1) is 12.7. The van der Waals surface area contributed by atoms with Crippen LogP contribution in [0.3, 0.4) is 0 Å². The normalized spacial score (nSPS) is 19.7. The van der Waals surface area contributed by atoms with Gasteiger partial charge in [-0.05, 0) is 32.8 Å². The number of benzene rings is 1. The van der Waals surface area contributed by atoms with Gasteiger partial charge in [0.1, 0.15) is 0 Å². The first kappa shape index (κ1) is 18.5. The molecule has 1 aromatic heterocycles. The van der Waals surface area contributed by atoms with Crippen molar-refractivity contribution in [3.63, 3.8) is 0 Å². The Morgan fingerprint density at radius 1 is 1.37 bits per heavy atom. The number of nitro benzene ring substituents is 1. The van der Waals surface area contributed by atoms with Crippen LogP contribution in [0, 0.1) is 22.5 Å². The summed E-state index contributed by atoms with van der Waals surface area (Å²) in [7, 11) is 0. The number of rotatable bonds is 4. The fourth-order valence-electron chi connectivity index (χ4n) is 3.25. The molecule has 142 valence electrons. The van der Waals surface area contributed by atoms with Crippen LogP contribution in [0.1, 0.15) is 35.9 Å². The molecule has 27 heavy (non-hydrogen) atoms. The minimum atomic E-state index is -0.988. The lowest BCUT2D eigenvalue weighted by atomic mass is 9.82. The van der Waals surface area contributed by atoms with E-state index in [4.69, 9.17) is 0 Å². The van der Waals surface area contributed by atoms with Gasteiger partial charge in [-0.2, -0.15) is 0 Å². The summed E-state index contributed by atoms with van der Waals surface area (Å²) in [5, 5.41) is 28.3. The maximum atomic E-state index is 12.9. The molecule has 1 amide bonds. The number of piperidine rings is 1. The van der Waals surface area contributed by atoms with Crippen LogP contribution in [0.2, 0.25) is 0 Å². The van der Waals surface area contributed by atoms with Crippen molar-refractivity contribution in [3.8, 4) is 5.69 Å². The maximum absolute atomic E-state index is 12.9. The second-order valence-electron chi connectivity index (χ2n) is 6.91. The van der Waals surface area contributed by atoms with Gasteiger partial charge in [-0.1, -0.05) is 11.3 Å². The molecule has 10 nitrogen and oxygen atoms in total. The number of non-ortho nitro benzene ring substituents is 1. The first-order valence-electron chi connectivity index (χ1n) is 8.43. The zero-order valence-electron chi connectivity index (χ0n) is 15.0. The van der Waals surface area contributed by atoms with Crippen molar-refractivity contribution in [1.82, 2.24) is 19.9 Å². The Bertz CT molecular complexity index is 924. The van der Waals surface area contributed by atoms with Gasteiger partial charge >= 0.3 is 5.97 Å². The molecule has 2 heterocycles. The number of nitrogens with zero attached hydrogens (tertiary/aromatic N) is 5. The summed E-state index contributed by atoms with van der Waals surface area (Å²) in [5.74, 6) is -1.33. The van der Waals surface area contributed by atoms with Crippen molar-refractivity contribution in [2.24, 2.45) is 5.41 Å². The van der Waals surface area contributed by atoms with Crippen LogP contribution < -0.4 is 0 Å². The van der Waals surface area contributed by atoms with Crippen LogP contribution in [0.4, 0.5) is 5.69 Å². The van der Waals surface area contributed by atoms with E-state index in [1.807, 2.05) is 0 Å². The van der Waals surface area contributed by atoms with Gasteiger partial charge in [0.2, 0.25) is 0 Å². The Morgan fingerprint density at radius 2 is 2.11 bits per heavy atom. The molecule has 0 spiro atoms. The lowest BCUT2D eigenvalue weighted by Crippen LogP contribution is -2.48. The average molecular weight is 373 g/mol. The molecule has 0 bridgehead atoms. The molecule has 1 unspecified atom stereocenters. The quantitative estimate of drug-likeness (QED) is 0.638. The summed E-state index contributed by atoms with van der Waals surface area (Å²) < 4.78 is 1.36. The highest BCUT2D eigenvalue weighted by atomic mass is 16.6. The Labute approximate surface area is 154 Å². The monoisotopic (exact) mass is 373 g/mol. The highest BCUT2D eigenvalue weighted by molar-refractivity contribution is 5.94. The fraction of sp³-hybridized carbons (Fsp3) is 0.412. The van der Waals surface area contributed by atoms with Crippen molar-refractivity contribution in [2.75, 3.05) is 13.1 Å². The predicted octanol–water partition coefficient (Wildman–Crippen LogP) is 1.81. The smallest absolute Gasteiger partial charge is 0.311 e. The predicted molar refractivity (Wildman–Crippen MR) is 93.6 cm³/mol. The van der Waals surface area contributed by atoms with Crippen LogP contribution in [0.25, 0.3) is 5.69 Å². The topological polar surface area (TPSA) is 131 Å². The number of amides is 1. The van der Waals surface area contributed by atoms with Gasteiger partial charge in [0, 0.05) is 25.2 Å². The lowest BCUT2D eigenvalue weighted by Gasteiger charge is -2.37. The highest BCUT2D eigenvalue weighted by Crippen LogP contribution is 2.30. The molecule has 1 fully saturated rings. The largest absolute Gasteiger partial charge is 0.481 e. The molecule has 1 atom stereocenters. The van der Waals surface area contributed by atoms with Crippen LogP contribution in [-0.4, -0.2) is 54.9 Å². The van der Waals surface area contributed by atoms with Gasteiger partial charge in [-0.25, -0.2) is 4.68 Å². The number of likely N-dealkylation sites (tertiary alicyclic amines) is 1. The fourth-order valence-corrected chi connectivity index (χ4v) is 3.25. The van der Waals surface area contributed by atoms with Crippen molar-refractivity contribution >= 4 is 17.6 Å². The Balaban J connectivity index is 1.89. The maximum Gasteiger partial charge on any atom is 0.311 e. The van der Waals surface area contributed by atoms with Gasteiger partial charge < -0.3 is 10.0 Å². The number of hydrogen-bond donors (Lipinski definition) is 1. The zero-order chi connectivity index (χ0) is 19.8. The number of aliphatic carboxylic acids is 1. The average Bonchev–Trinajstić information content (AvgIpc) is 3.02. The Kier molecular flexibility index (Phi) is 4.64. The van der Waals surface area contributed by atoms with E-state index >= 15 is 0 Å².